The first-order valence-electron chi connectivity index (χ1n) is 10.3. The normalized spacial score (nSPS) is 16.3. The van der Waals surface area contributed by atoms with E-state index < -0.39 is 6.10 Å². The highest BCUT2D eigenvalue weighted by atomic mass is 35.5. The van der Waals surface area contributed by atoms with Gasteiger partial charge in [-0.3, -0.25) is 9.78 Å². The van der Waals surface area contributed by atoms with Crippen molar-refractivity contribution in [2.45, 2.75) is 33.0 Å². The Morgan fingerprint density at radius 2 is 1.97 bits per heavy atom. The van der Waals surface area contributed by atoms with Crippen molar-refractivity contribution in [3.05, 3.63) is 58.4 Å². The highest BCUT2D eigenvalue weighted by Gasteiger charge is 2.32. The van der Waals surface area contributed by atoms with Crippen molar-refractivity contribution >= 4 is 23.3 Å². The molecule has 0 unspecified atom stereocenters. The van der Waals surface area contributed by atoms with E-state index in [9.17, 15) is 9.90 Å². The Morgan fingerprint density at radius 1 is 1.16 bits per heavy atom. The van der Waals surface area contributed by atoms with Crippen molar-refractivity contribution < 1.29 is 9.90 Å². The number of pyridine rings is 2. The minimum atomic E-state index is -0.423. The molecule has 0 atom stereocenters. The van der Waals surface area contributed by atoms with E-state index in [1.807, 2.05) is 30.7 Å². The molecule has 5 heterocycles. The quantitative estimate of drug-likeness (QED) is 0.675. The summed E-state index contributed by atoms with van der Waals surface area (Å²) in [4.78, 5) is 29.9. The molecule has 1 fully saturated rings. The number of aromatic nitrogens is 4. The van der Waals surface area contributed by atoms with Gasteiger partial charge in [0, 0.05) is 50.3 Å². The molecule has 3 aromatic rings. The lowest BCUT2D eigenvalue weighted by atomic mass is 10.1. The molecule has 1 amide bonds. The molecule has 160 valence electrons. The van der Waals surface area contributed by atoms with Gasteiger partial charge in [-0.25, -0.2) is 9.97 Å². The SMILES string of the molecule is Cc1cnc(-c2cc(N3CCn4cc(C(=O)N5CC(O)C5)nc4C3)ncc2Cl)c(C)c1. The summed E-state index contributed by atoms with van der Waals surface area (Å²) in [5.74, 6) is 1.49. The van der Waals surface area contributed by atoms with Gasteiger partial charge in [0.2, 0.25) is 0 Å². The van der Waals surface area contributed by atoms with Crippen molar-refractivity contribution in [3.63, 3.8) is 0 Å². The first-order valence-corrected chi connectivity index (χ1v) is 10.6. The summed E-state index contributed by atoms with van der Waals surface area (Å²) in [6.07, 6.45) is 4.89. The molecule has 0 aliphatic carbocycles. The maximum Gasteiger partial charge on any atom is 0.274 e. The maximum atomic E-state index is 12.5. The van der Waals surface area contributed by atoms with Gasteiger partial charge in [0.05, 0.1) is 23.4 Å². The van der Waals surface area contributed by atoms with Crippen molar-refractivity contribution in [1.29, 1.82) is 0 Å². The standard InChI is InChI=1S/C22H23ClN6O2/c1-13-5-14(2)21(25-7-13)16-6-19(24-8-17(16)23)28-4-3-27-11-18(26-20(27)12-28)22(31)29-9-15(30)10-29/h5-8,11,15,30H,3-4,9-10,12H2,1-2H3. The van der Waals surface area contributed by atoms with Gasteiger partial charge in [0.15, 0.2) is 0 Å². The van der Waals surface area contributed by atoms with Gasteiger partial charge in [0.25, 0.3) is 5.91 Å². The number of imidazole rings is 1. The Hall–Kier alpha value is -2.97. The molecule has 2 aliphatic heterocycles. The molecule has 1 N–H and O–H groups in total. The summed E-state index contributed by atoms with van der Waals surface area (Å²) in [5.41, 5.74) is 4.29. The fourth-order valence-corrected chi connectivity index (χ4v) is 4.31. The number of aliphatic hydroxyl groups excluding tert-OH is 1. The average molecular weight is 439 g/mol. The number of anilines is 1. The van der Waals surface area contributed by atoms with Gasteiger partial charge < -0.3 is 19.5 Å². The molecule has 0 spiro atoms. The number of rotatable bonds is 3. The number of β-amino-alcohol motifs (C(OH)–C–C–N with tert-alkyl or cyclic N) is 1. The third-order valence-electron chi connectivity index (χ3n) is 5.81. The molecule has 0 bridgehead atoms. The van der Waals surface area contributed by atoms with Gasteiger partial charge in [-0.1, -0.05) is 17.7 Å². The topological polar surface area (TPSA) is 87.4 Å². The van der Waals surface area contributed by atoms with E-state index in [1.54, 1.807) is 17.3 Å². The number of aliphatic hydroxyl groups is 1. The maximum absolute atomic E-state index is 12.5. The Balaban J connectivity index is 1.40. The van der Waals surface area contributed by atoms with E-state index in [1.165, 1.54) is 0 Å². The number of nitrogens with zero attached hydrogens (tertiary/aromatic N) is 6. The predicted octanol–water partition coefficient (Wildman–Crippen LogP) is 2.45. The van der Waals surface area contributed by atoms with Crippen molar-refractivity contribution in [2.24, 2.45) is 0 Å². The Morgan fingerprint density at radius 3 is 2.71 bits per heavy atom. The fourth-order valence-electron chi connectivity index (χ4n) is 4.11. The molecule has 31 heavy (non-hydrogen) atoms. The first-order chi connectivity index (χ1) is 14.9. The summed E-state index contributed by atoms with van der Waals surface area (Å²) in [6, 6.07) is 4.06. The third kappa shape index (κ3) is 3.66. The van der Waals surface area contributed by atoms with Crippen molar-refractivity contribution in [3.8, 4) is 11.3 Å². The van der Waals surface area contributed by atoms with Crippen LogP contribution in [0, 0.1) is 13.8 Å². The Labute approximate surface area is 185 Å². The number of halogens is 1. The zero-order valence-corrected chi connectivity index (χ0v) is 18.2. The summed E-state index contributed by atoms with van der Waals surface area (Å²) >= 11 is 6.46. The first kappa shape index (κ1) is 20.0. The lowest BCUT2D eigenvalue weighted by molar-refractivity contribution is 0.00552. The molecule has 0 radical (unpaired) electrons. The molecule has 0 saturated carbocycles. The van der Waals surface area contributed by atoms with Crippen LogP contribution in [0.2, 0.25) is 5.02 Å². The van der Waals surface area contributed by atoms with Crippen LogP contribution in [-0.4, -0.2) is 61.2 Å². The zero-order valence-electron chi connectivity index (χ0n) is 17.4. The summed E-state index contributed by atoms with van der Waals surface area (Å²) in [5, 5.41) is 10.0. The number of aryl methyl sites for hydroxylation is 2. The van der Waals surface area contributed by atoms with Crippen LogP contribution in [0.1, 0.15) is 27.4 Å². The van der Waals surface area contributed by atoms with E-state index in [2.05, 4.69) is 25.9 Å². The average Bonchev–Trinajstić information content (AvgIpc) is 3.15. The third-order valence-corrected chi connectivity index (χ3v) is 6.11. The lowest BCUT2D eigenvalue weighted by Crippen LogP contribution is -2.53. The van der Waals surface area contributed by atoms with Crippen molar-refractivity contribution in [2.75, 3.05) is 24.5 Å². The van der Waals surface area contributed by atoms with Crippen LogP contribution >= 0.6 is 11.6 Å². The number of hydrogen-bond donors (Lipinski definition) is 1. The molecule has 0 aromatic carbocycles. The van der Waals surface area contributed by atoms with Crippen molar-refractivity contribution in [1.82, 2.24) is 24.4 Å². The van der Waals surface area contributed by atoms with Gasteiger partial charge in [-0.15, -0.1) is 0 Å². The number of fused-ring (bicyclic) bond motifs is 1. The summed E-state index contributed by atoms with van der Waals surface area (Å²) in [6.45, 7) is 6.79. The lowest BCUT2D eigenvalue weighted by Gasteiger charge is -2.35. The van der Waals surface area contributed by atoms with Gasteiger partial charge >= 0.3 is 0 Å². The van der Waals surface area contributed by atoms with Crippen LogP contribution in [0.25, 0.3) is 11.3 Å². The van der Waals surface area contributed by atoms with Crippen LogP contribution in [0.15, 0.2) is 30.7 Å². The molecular weight excluding hydrogens is 416 g/mol. The van der Waals surface area contributed by atoms with Gasteiger partial charge in [0.1, 0.15) is 17.3 Å². The number of amides is 1. The van der Waals surface area contributed by atoms with Gasteiger partial charge in [-0.2, -0.15) is 0 Å². The smallest absolute Gasteiger partial charge is 0.274 e. The van der Waals surface area contributed by atoms with Crippen LogP contribution in [0.3, 0.4) is 0 Å². The van der Waals surface area contributed by atoms with E-state index in [4.69, 9.17) is 11.6 Å². The second-order valence-corrected chi connectivity index (χ2v) is 8.63. The molecule has 9 heteroatoms. The largest absolute Gasteiger partial charge is 0.389 e. The minimum Gasteiger partial charge on any atom is -0.389 e. The molecule has 3 aromatic heterocycles. The number of likely N-dealkylation sites (tertiary alicyclic amines) is 1. The van der Waals surface area contributed by atoms with Crippen LogP contribution in [0.5, 0.6) is 0 Å². The summed E-state index contributed by atoms with van der Waals surface area (Å²) in [7, 11) is 0. The Bertz CT molecular complexity index is 1170. The van der Waals surface area contributed by atoms with E-state index >= 15 is 0 Å². The fraction of sp³-hybridized carbons (Fsp3) is 0.364. The van der Waals surface area contributed by atoms with E-state index in [0.717, 1.165) is 40.6 Å². The number of carbonyl (C=O) groups excluding carboxylic acids is 1. The van der Waals surface area contributed by atoms with Crippen LogP contribution in [-0.2, 0) is 13.1 Å². The second-order valence-electron chi connectivity index (χ2n) is 8.22. The van der Waals surface area contributed by atoms with Gasteiger partial charge in [-0.05, 0) is 31.0 Å². The monoisotopic (exact) mass is 438 g/mol. The molecular formula is C22H23ClN6O2. The summed E-state index contributed by atoms with van der Waals surface area (Å²) < 4.78 is 2.02. The number of carbonyl (C=O) groups is 1. The predicted molar refractivity (Wildman–Crippen MR) is 117 cm³/mol. The van der Waals surface area contributed by atoms with E-state index in [-0.39, 0.29) is 5.91 Å². The zero-order chi connectivity index (χ0) is 21.7. The Kier molecular flexibility index (Phi) is 4.91. The number of hydrogen-bond acceptors (Lipinski definition) is 6. The van der Waals surface area contributed by atoms with Crippen LogP contribution in [0.4, 0.5) is 5.82 Å². The van der Waals surface area contributed by atoms with E-state index in [0.29, 0.717) is 36.9 Å². The second kappa shape index (κ2) is 7.62. The highest BCUT2D eigenvalue weighted by molar-refractivity contribution is 6.33. The minimum absolute atomic E-state index is 0.133. The highest BCUT2D eigenvalue weighted by Crippen LogP contribution is 2.32. The molecule has 1 saturated heterocycles. The molecule has 2 aliphatic rings. The molecule has 5 rings (SSSR count). The van der Waals surface area contributed by atoms with Crippen LogP contribution < -0.4 is 4.90 Å². The molecule has 8 nitrogen and oxygen atoms in total.